The van der Waals surface area contributed by atoms with Crippen molar-refractivity contribution in [2.24, 2.45) is 0 Å². The molecule has 1 aliphatic rings. The van der Waals surface area contributed by atoms with Crippen LogP contribution in [-0.4, -0.2) is 56.6 Å². The zero-order valence-electron chi connectivity index (χ0n) is 10.8. The molecular formula is C12H17N3O3S. The van der Waals surface area contributed by atoms with Gasteiger partial charge in [0.1, 0.15) is 0 Å². The van der Waals surface area contributed by atoms with Gasteiger partial charge in [-0.15, -0.1) is 11.3 Å². The second kappa shape index (κ2) is 6.65. The molecule has 0 unspecified atom stereocenters. The lowest BCUT2D eigenvalue weighted by Gasteiger charge is -2.26. The van der Waals surface area contributed by atoms with E-state index >= 15 is 0 Å². The highest BCUT2D eigenvalue weighted by Crippen LogP contribution is 2.20. The van der Waals surface area contributed by atoms with Gasteiger partial charge in [0.05, 0.1) is 24.2 Å². The van der Waals surface area contributed by atoms with Gasteiger partial charge in [0, 0.05) is 31.6 Å². The fourth-order valence-electron chi connectivity index (χ4n) is 1.88. The number of nitrogens with zero attached hydrogens (tertiary/aromatic N) is 1. The zero-order chi connectivity index (χ0) is 13.7. The topological polar surface area (TPSA) is 70.7 Å². The molecule has 1 aromatic heterocycles. The van der Waals surface area contributed by atoms with Crippen LogP contribution in [0.1, 0.15) is 10.4 Å². The maximum absolute atomic E-state index is 11.8. The quantitative estimate of drug-likeness (QED) is 0.782. The van der Waals surface area contributed by atoms with E-state index in [0.29, 0.717) is 17.1 Å². The van der Waals surface area contributed by atoms with Gasteiger partial charge in [-0.2, -0.15) is 0 Å². The van der Waals surface area contributed by atoms with Gasteiger partial charge in [0.15, 0.2) is 0 Å². The molecule has 0 spiro atoms. The first-order valence-corrected chi connectivity index (χ1v) is 6.97. The molecule has 0 radical (unpaired) electrons. The van der Waals surface area contributed by atoms with Crippen LogP contribution in [-0.2, 0) is 9.53 Å². The maximum Gasteiger partial charge on any atom is 0.338 e. The van der Waals surface area contributed by atoms with Crippen molar-refractivity contribution in [2.75, 3.05) is 45.2 Å². The van der Waals surface area contributed by atoms with Crippen molar-refractivity contribution in [3.63, 3.8) is 0 Å². The molecule has 1 aromatic rings. The minimum atomic E-state index is -0.390. The third-order valence-corrected chi connectivity index (χ3v) is 3.71. The van der Waals surface area contributed by atoms with E-state index in [1.54, 1.807) is 11.4 Å². The molecule has 2 rings (SSSR count). The SMILES string of the molecule is COC(=O)c1csc(NC(=O)CN2CCNCC2)c1. The summed E-state index contributed by atoms with van der Waals surface area (Å²) >= 11 is 1.32. The number of thiophene rings is 1. The highest BCUT2D eigenvalue weighted by molar-refractivity contribution is 7.14. The normalized spacial score (nSPS) is 16.1. The molecular weight excluding hydrogens is 266 g/mol. The Morgan fingerprint density at radius 1 is 1.47 bits per heavy atom. The molecule has 7 heteroatoms. The number of ether oxygens (including phenoxy) is 1. The summed E-state index contributed by atoms with van der Waals surface area (Å²) in [5.41, 5.74) is 0.463. The number of methoxy groups -OCH3 is 1. The van der Waals surface area contributed by atoms with Crippen LogP contribution in [0.5, 0.6) is 0 Å². The summed E-state index contributed by atoms with van der Waals surface area (Å²) in [5, 5.41) is 8.38. The molecule has 1 fully saturated rings. The standard InChI is InChI=1S/C12H17N3O3S/c1-18-12(17)9-6-11(19-8-9)14-10(16)7-15-4-2-13-3-5-15/h6,8,13H,2-5,7H2,1H3,(H,14,16). The Morgan fingerprint density at radius 3 is 2.89 bits per heavy atom. The summed E-state index contributed by atoms with van der Waals surface area (Å²) in [6, 6.07) is 1.63. The summed E-state index contributed by atoms with van der Waals surface area (Å²) in [6.45, 7) is 3.97. The van der Waals surface area contributed by atoms with Crippen molar-refractivity contribution in [1.82, 2.24) is 10.2 Å². The van der Waals surface area contributed by atoms with E-state index < -0.39 is 0 Å². The van der Waals surface area contributed by atoms with E-state index in [2.05, 4.69) is 20.3 Å². The number of carbonyl (C=O) groups is 2. The number of rotatable bonds is 4. The van der Waals surface area contributed by atoms with E-state index in [-0.39, 0.29) is 11.9 Å². The lowest BCUT2D eigenvalue weighted by Crippen LogP contribution is -2.46. The van der Waals surface area contributed by atoms with E-state index in [1.165, 1.54) is 18.4 Å². The van der Waals surface area contributed by atoms with E-state index in [9.17, 15) is 9.59 Å². The second-order valence-corrected chi connectivity index (χ2v) is 5.18. The predicted octanol–water partition coefficient (Wildman–Crippen LogP) is 0.378. The summed E-state index contributed by atoms with van der Waals surface area (Å²) < 4.78 is 4.62. The Balaban J connectivity index is 1.84. The molecule has 0 saturated carbocycles. The van der Waals surface area contributed by atoms with Crippen LogP contribution >= 0.6 is 11.3 Å². The summed E-state index contributed by atoms with van der Waals surface area (Å²) in [4.78, 5) is 25.2. The Hall–Kier alpha value is -1.44. The number of esters is 1. The summed E-state index contributed by atoms with van der Waals surface area (Å²) in [6.07, 6.45) is 0. The fourth-order valence-corrected chi connectivity index (χ4v) is 2.66. The molecule has 1 amide bonds. The summed E-state index contributed by atoms with van der Waals surface area (Å²) in [7, 11) is 1.34. The van der Waals surface area contributed by atoms with Gasteiger partial charge in [-0.05, 0) is 6.07 Å². The maximum atomic E-state index is 11.8. The third-order valence-electron chi connectivity index (χ3n) is 2.86. The Labute approximate surface area is 115 Å². The number of nitrogens with one attached hydrogen (secondary N) is 2. The van der Waals surface area contributed by atoms with Crippen molar-refractivity contribution < 1.29 is 14.3 Å². The van der Waals surface area contributed by atoms with E-state index in [1.807, 2.05) is 0 Å². The van der Waals surface area contributed by atoms with Crippen molar-refractivity contribution in [3.05, 3.63) is 17.0 Å². The molecule has 0 bridgehead atoms. The highest BCUT2D eigenvalue weighted by atomic mass is 32.1. The van der Waals surface area contributed by atoms with Crippen LogP contribution in [0.2, 0.25) is 0 Å². The average Bonchev–Trinajstić information content (AvgIpc) is 2.87. The Bertz CT molecular complexity index is 455. The van der Waals surface area contributed by atoms with Crippen molar-refractivity contribution in [3.8, 4) is 0 Å². The largest absolute Gasteiger partial charge is 0.465 e. The number of anilines is 1. The average molecular weight is 283 g/mol. The molecule has 0 atom stereocenters. The molecule has 19 heavy (non-hydrogen) atoms. The van der Waals surface area contributed by atoms with Crippen molar-refractivity contribution >= 4 is 28.2 Å². The van der Waals surface area contributed by atoms with Crippen LogP contribution in [0, 0.1) is 0 Å². The number of hydrogen-bond donors (Lipinski definition) is 2. The molecule has 104 valence electrons. The van der Waals surface area contributed by atoms with Gasteiger partial charge in [-0.1, -0.05) is 0 Å². The minimum absolute atomic E-state index is 0.0554. The van der Waals surface area contributed by atoms with Crippen LogP contribution in [0.15, 0.2) is 11.4 Å². The van der Waals surface area contributed by atoms with Gasteiger partial charge < -0.3 is 15.4 Å². The van der Waals surface area contributed by atoms with Gasteiger partial charge in [-0.25, -0.2) is 4.79 Å². The van der Waals surface area contributed by atoms with Crippen molar-refractivity contribution in [2.45, 2.75) is 0 Å². The molecule has 0 aromatic carbocycles. The number of piperazine rings is 1. The lowest BCUT2D eigenvalue weighted by atomic mass is 10.3. The van der Waals surface area contributed by atoms with Crippen LogP contribution < -0.4 is 10.6 Å². The van der Waals surface area contributed by atoms with Gasteiger partial charge >= 0.3 is 5.97 Å². The molecule has 2 heterocycles. The molecule has 1 saturated heterocycles. The number of amides is 1. The zero-order valence-corrected chi connectivity index (χ0v) is 11.6. The molecule has 1 aliphatic heterocycles. The molecule has 6 nitrogen and oxygen atoms in total. The Kier molecular flexibility index (Phi) is 4.89. The predicted molar refractivity (Wildman–Crippen MR) is 73.6 cm³/mol. The summed E-state index contributed by atoms with van der Waals surface area (Å²) in [5.74, 6) is -0.445. The Morgan fingerprint density at radius 2 is 2.21 bits per heavy atom. The fraction of sp³-hybridized carbons (Fsp3) is 0.500. The first kappa shape index (κ1) is 14.0. The number of hydrogen-bond acceptors (Lipinski definition) is 6. The second-order valence-electron chi connectivity index (χ2n) is 4.27. The smallest absolute Gasteiger partial charge is 0.338 e. The van der Waals surface area contributed by atoms with Crippen LogP contribution in [0.4, 0.5) is 5.00 Å². The van der Waals surface area contributed by atoms with E-state index in [4.69, 9.17) is 0 Å². The van der Waals surface area contributed by atoms with Gasteiger partial charge in [-0.3, -0.25) is 9.69 Å². The van der Waals surface area contributed by atoms with Gasteiger partial charge in [0.2, 0.25) is 5.91 Å². The van der Waals surface area contributed by atoms with Crippen molar-refractivity contribution in [1.29, 1.82) is 0 Å². The van der Waals surface area contributed by atoms with E-state index in [0.717, 1.165) is 26.2 Å². The first-order valence-electron chi connectivity index (χ1n) is 6.09. The molecule has 0 aliphatic carbocycles. The molecule has 2 N–H and O–H groups in total. The number of carbonyl (C=O) groups excluding carboxylic acids is 2. The van der Waals surface area contributed by atoms with Crippen LogP contribution in [0.3, 0.4) is 0 Å². The monoisotopic (exact) mass is 283 g/mol. The van der Waals surface area contributed by atoms with Gasteiger partial charge in [0.25, 0.3) is 0 Å². The third kappa shape index (κ3) is 4.02. The first-order chi connectivity index (χ1) is 9.19. The van der Waals surface area contributed by atoms with Crippen LogP contribution in [0.25, 0.3) is 0 Å². The highest BCUT2D eigenvalue weighted by Gasteiger charge is 2.15. The minimum Gasteiger partial charge on any atom is -0.465 e. The lowest BCUT2D eigenvalue weighted by molar-refractivity contribution is -0.117.